The van der Waals surface area contributed by atoms with Gasteiger partial charge in [-0.15, -0.1) is 0 Å². The molecule has 0 saturated heterocycles. The van der Waals surface area contributed by atoms with Crippen molar-refractivity contribution in [1.82, 2.24) is 14.3 Å². The third-order valence-electron chi connectivity index (χ3n) is 4.73. The van der Waals surface area contributed by atoms with Crippen molar-refractivity contribution in [2.24, 2.45) is 0 Å². The van der Waals surface area contributed by atoms with Crippen LogP contribution >= 0.6 is 0 Å². The summed E-state index contributed by atoms with van der Waals surface area (Å²) in [5.41, 5.74) is 1.65. The Kier molecular flexibility index (Phi) is 4.81. The molecule has 8 heteroatoms. The number of hydrogen-bond donors (Lipinski definition) is 1. The van der Waals surface area contributed by atoms with Gasteiger partial charge in [-0.25, -0.2) is 22.9 Å². The van der Waals surface area contributed by atoms with Crippen molar-refractivity contribution in [1.29, 1.82) is 0 Å². The smallest absolute Gasteiger partial charge is 0.336 e. The lowest BCUT2D eigenvalue weighted by molar-refractivity contribution is 0.559. The molecular weight excluding hydrogens is 390 g/mol. The predicted molar refractivity (Wildman–Crippen MR) is 110 cm³/mol. The van der Waals surface area contributed by atoms with E-state index in [1.54, 1.807) is 19.2 Å². The Morgan fingerprint density at radius 2 is 1.83 bits per heavy atom. The Bertz CT molecular complexity index is 1340. The number of sulfonamides is 1. The second-order valence-electron chi connectivity index (χ2n) is 6.73. The fourth-order valence-electron chi connectivity index (χ4n) is 3.16. The molecule has 0 spiro atoms. The Labute approximate surface area is 167 Å². The quantitative estimate of drug-likeness (QED) is 0.510. The fourth-order valence-corrected chi connectivity index (χ4v) is 4.43. The van der Waals surface area contributed by atoms with Crippen LogP contribution in [0.1, 0.15) is 24.4 Å². The second kappa shape index (κ2) is 7.31. The number of fused-ring (bicyclic) bond motifs is 1. The van der Waals surface area contributed by atoms with Crippen LogP contribution in [0.3, 0.4) is 0 Å². The SMILES string of the molecule is Cc1nccn1-c1ccc(C(C)NS(=O)(=O)c2ccc3oc(=O)ccc3c2)cc1. The first-order chi connectivity index (χ1) is 13.8. The number of rotatable bonds is 5. The molecule has 0 fully saturated rings. The third kappa shape index (κ3) is 3.85. The van der Waals surface area contributed by atoms with E-state index in [1.807, 2.05) is 42.0 Å². The van der Waals surface area contributed by atoms with Crippen molar-refractivity contribution in [3.63, 3.8) is 0 Å². The summed E-state index contributed by atoms with van der Waals surface area (Å²) in [4.78, 5) is 15.6. The number of aromatic nitrogens is 2. The Morgan fingerprint density at radius 3 is 2.52 bits per heavy atom. The van der Waals surface area contributed by atoms with Gasteiger partial charge in [-0.3, -0.25) is 0 Å². The second-order valence-corrected chi connectivity index (χ2v) is 8.45. The number of aryl methyl sites for hydroxylation is 1. The molecule has 0 aliphatic carbocycles. The maximum Gasteiger partial charge on any atom is 0.336 e. The van der Waals surface area contributed by atoms with E-state index in [0.29, 0.717) is 11.0 Å². The van der Waals surface area contributed by atoms with Gasteiger partial charge < -0.3 is 8.98 Å². The minimum Gasteiger partial charge on any atom is -0.423 e. The van der Waals surface area contributed by atoms with E-state index >= 15 is 0 Å². The zero-order valence-electron chi connectivity index (χ0n) is 15.9. The Balaban J connectivity index is 1.57. The third-order valence-corrected chi connectivity index (χ3v) is 6.27. The van der Waals surface area contributed by atoms with Gasteiger partial charge in [0, 0.05) is 35.6 Å². The van der Waals surface area contributed by atoms with Crippen molar-refractivity contribution < 1.29 is 12.8 Å². The van der Waals surface area contributed by atoms with E-state index < -0.39 is 21.7 Å². The molecule has 0 radical (unpaired) electrons. The van der Waals surface area contributed by atoms with Gasteiger partial charge in [-0.05, 0) is 55.8 Å². The summed E-state index contributed by atoms with van der Waals surface area (Å²) in [6.45, 7) is 3.70. The maximum atomic E-state index is 12.8. The predicted octanol–water partition coefficient (Wildman–Crippen LogP) is 3.33. The first kappa shape index (κ1) is 19.1. The molecule has 2 aromatic heterocycles. The number of nitrogens with one attached hydrogen (secondary N) is 1. The molecule has 4 rings (SSSR count). The standard InChI is InChI=1S/C21H19N3O4S/c1-14(16-3-6-18(7-4-16)24-12-11-22-15(24)2)23-29(26,27)19-8-9-20-17(13-19)5-10-21(25)28-20/h3-14,23H,1-2H3. The summed E-state index contributed by atoms with van der Waals surface area (Å²) < 4.78 is 35.3. The summed E-state index contributed by atoms with van der Waals surface area (Å²) in [5.74, 6) is 0.874. The lowest BCUT2D eigenvalue weighted by atomic mass is 10.1. The minimum absolute atomic E-state index is 0.108. The van der Waals surface area contributed by atoms with Crippen molar-refractivity contribution in [2.45, 2.75) is 24.8 Å². The van der Waals surface area contributed by atoms with E-state index in [4.69, 9.17) is 4.42 Å². The van der Waals surface area contributed by atoms with Gasteiger partial charge in [-0.1, -0.05) is 12.1 Å². The van der Waals surface area contributed by atoms with E-state index in [-0.39, 0.29) is 4.90 Å². The largest absolute Gasteiger partial charge is 0.423 e. The maximum absolute atomic E-state index is 12.8. The van der Waals surface area contributed by atoms with Gasteiger partial charge >= 0.3 is 5.63 Å². The van der Waals surface area contributed by atoms with Gasteiger partial charge in [0.25, 0.3) is 0 Å². The normalized spacial score (nSPS) is 12.9. The molecule has 7 nitrogen and oxygen atoms in total. The topological polar surface area (TPSA) is 94.2 Å². The molecule has 1 unspecified atom stereocenters. The number of benzene rings is 2. The summed E-state index contributed by atoms with van der Waals surface area (Å²) in [5, 5.41) is 0.542. The zero-order chi connectivity index (χ0) is 20.6. The summed E-state index contributed by atoms with van der Waals surface area (Å²) in [6.07, 6.45) is 3.60. The number of imidazole rings is 1. The van der Waals surface area contributed by atoms with Gasteiger partial charge in [-0.2, -0.15) is 0 Å². The van der Waals surface area contributed by atoms with Crippen LogP contribution in [0.2, 0.25) is 0 Å². The molecular formula is C21H19N3O4S. The molecule has 4 aromatic rings. The van der Waals surface area contributed by atoms with Crippen LogP contribution in [-0.2, 0) is 10.0 Å². The molecule has 0 aliphatic heterocycles. The van der Waals surface area contributed by atoms with Crippen LogP contribution < -0.4 is 10.3 Å². The summed E-state index contributed by atoms with van der Waals surface area (Å²) in [6, 6.07) is 14.4. The molecule has 1 N–H and O–H groups in total. The minimum atomic E-state index is -3.75. The monoisotopic (exact) mass is 409 g/mol. The highest BCUT2D eigenvalue weighted by Gasteiger charge is 2.19. The average Bonchev–Trinajstić information content (AvgIpc) is 3.13. The first-order valence-electron chi connectivity index (χ1n) is 9.00. The van der Waals surface area contributed by atoms with Crippen LogP contribution in [-0.4, -0.2) is 18.0 Å². The molecule has 2 heterocycles. The molecule has 148 valence electrons. The van der Waals surface area contributed by atoms with E-state index in [9.17, 15) is 13.2 Å². The molecule has 29 heavy (non-hydrogen) atoms. The highest BCUT2D eigenvalue weighted by Crippen LogP contribution is 2.22. The molecule has 0 bridgehead atoms. The molecule has 2 aromatic carbocycles. The van der Waals surface area contributed by atoms with Gasteiger partial charge in [0.2, 0.25) is 10.0 Å². The lowest BCUT2D eigenvalue weighted by Crippen LogP contribution is -2.26. The van der Waals surface area contributed by atoms with Crippen LogP contribution in [0, 0.1) is 6.92 Å². The number of hydrogen-bond acceptors (Lipinski definition) is 5. The highest BCUT2D eigenvalue weighted by atomic mass is 32.2. The molecule has 0 amide bonds. The van der Waals surface area contributed by atoms with E-state index in [0.717, 1.165) is 17.1 Å². The van der Waals surface area contributed by atoms with Crippen LogP contribution in [0.4, 0.5) is 0 Å². The van der Waals surface area contributed by atoms with E-state index in [2.05, 4.69) is 9.71 Å². The lowest BCUT2D eigenvalue weighted by Gasteiger charge is -2.16. The molecule has 0 saturated carbocycles. The van der Waals surface area contributed by atoms with Gasteiger partial charge in [0.15, 0.2) is 0 Å². The van der Waals surface area contributed by atoms with Crippen molar-refractivity contribution in [3.8, 4) is 5.69 Å². The highest BCUT2D eigenvalue weighted by molar-refractivity contribution is 7.89. The molecule has 1 atom stereocenters. The van der Waals surface area contributed by atoms with Crippen molar-refractivity contribution in [3.05, 3.63) is 88.8 Å². The van der Waals surface area contributed by atoms with Crippen molar-refractivity contribution in [2.75, 3.05) is 0 Å². The van der Waals surface area contributed by atoms with Crippen LogP contribution in [0.25, 0.3) is 16.7 Å². The molecule has 0 aliphatic rings. The van der Waals surface area contributed by atoms with Gasteiger partial charge in [0.1, 0.15) is 11.4 Å². The van der Waals surface area contributed by atoms with Gasteiger partial charge in [0.05, 0.1) is 4.90 Å². The first-order valence-corrected chi connectivity index (χ1v) is 10.5. The Morgan fingerprint density at radius 1 is 1.07 bits per heavy atom. The Hall–Kier alpha value is -3.23. The fraction of sp³-hybridized carbons (Fsp3) is 0.143. The van der Waals surface area contributed by atoms with Crippen LogP contribution in [0.15, 0.2) is 81.1 Å². The number of nitrogens with zero attached hydrogens (tertiary/aromatic N) is 2. The zero-order valence-corrected chi connectivity index (χ0v) is 16.7. The van der Waals surface area contributed by atoms with E-state index in [1.165, 1.54) is 24.3 Å². The summed E-state index contributed by atoms with van der Waals surface area (Å²) in [7, 11) is -3.75. The van der Waals surface area contributed by atoms with Crippen LogP contribution in [0.5, 0.6) is 0 Å². The summed E-state index contributed by atoms with van der Waals surface area (Å²) >= 11 is 0. The van der Waals surface area contributed by atoms with Crippen molar-refractivity contribution >= 4 is 21.0 Å². The average molecular weight is 409 g/mol.